The standard InChI is InChI=1S/C11H9O.H2O.Rb/c1-3-9(2)10-5-4-6-11(12)8-7-10;;/h3-5,7-8H,1-2H2;1H2;/q-1;;+1/p-1. The molecule has 3 heteroatoms. The Kier molecular flexibility index (Phi) is 9.99. The Hall–Kier alpha value is 0.135. The molecule has 0 atom stereocenters. The van der Waals surface area contributed by atoms with Crippen LogP contribution in [0.2, 0.25) is 0 Å². The summed E-state index contributed by atoms with van der Waals surface area (Å²) in [5, 5.41) is 0. The maximum atomic E-state index is 10.8. The zero-order valence-electron chi connectivity index (χ0n) is 8.16. The van der Waals surface area contributed by atoms with E-state index in [0.29, 0.717) is 0 Å². The van der Waals surface area contributed by atoms with E-state index in [1.165, 1.54) is 6.07 Å². The Balaban J connectivity index is 0. The fourth-order valence-corrected chi connectivity index (χ4v) is 0.815. The fraction of sp³-hybridized carbons (Fsp3) is 0. The Labute approximate surface area is 132 Å². The van der Waals surface area contributed by atoms with Crippen LogP contribution in [0.1, 0.15) is 5.56 Å². The van der Waals surface area contributed by atoms with Crippen LogP contribution >= 0.6 is 0 Å². The predicted octanol–water partition coefficient (Wildman–Crippen LogP) is -1.13. The van der Waals surface area contributed by atoms with E-state index in [4.69, 9.17) is 0 Å². The zero-order chi connectivity index (χ0) is 8.97. The first kappa shape index (κ1) is 16.6. The van der Waals surface area contributed by atoms with E-state index in [1.54, 1.807) is 24.3 Å². The Morgan fingerprint density at radius 2 is 2.00 bits per heavy atom. The van der Waals surface area contributed by atoms with Gasteiger partial charge in [-0.05, 0) is 5.57 Å². The minimum absolute atomic E-state index is 0. The molecule has 0 spiro atoms. The SMILES string of the molecule is C=CC(=C)c1cc[c-]c(=O)cc1.[OH-].[Rb+]. The Morgan fingerprint density at radius 3 is 2.57 bits per heavy atom. The van der Waals surface area contributed by atoms with Crippen molar-refractivity contribution in [2.75, 3.05) is 0 Å². The summed E-state index contributed by atoms with van der Waals surface area (Å²) in [6.45, 7) is 7.36. The molecular formula is C11H10O2Rb-. The molecule has 0 bridgehead atoms. The van der Waals surface area contributed by atoms with E-state index in [1.807, 2.05) is 0 Å². The minimum Gasteiger partial charge on any atom is -0.870 e. The molecule has 0 saturated carbocycles. The molecule has 1 rings (SSSR count). The molecule has 1 aromatic rings. The Morgan fingerprint density at radius 1 is 1.36 bits per heavy atom. The van der Waals surface area contributed by atoms with Gasteiger partial charge in [0.05, 0.1) is 5.43 Å². The number of hydrogen-bond acceptors (Lipinski definition) is 2. The summed E-state index contributed by atoms with van der Waals surface area (Å²) < 4.78 is 0. The summed E-state index contributed by atoms with van der Waals surface area (Å²) in [7, 11) is 0. The maximum Gasteiger partial charge on any atom is 1.00 e. The van der Waals surface area contributed by atoms with Crippen molar-refractivity contribution in [3.05, 3.63) is 65.4 Å². The first-order valence-electron chi connectivity index (χ1n) is 3.58. The molecule has 1 N–H and O–H groups in total. The fourth-order valence-electron chi connectivity index (χ4n) is 0.815. The second kappa shape index (κ2) is 8.44. The van der Waals surface area contributed by atoms with E-state index < -0.39 is 0 Å². The van der Waals surface area contributed by atoms with Gasteiger partial charge in [-0.1, -0.05) is 24.8 Å². The van der Waals surface area contributed by atoms with Crippen LogP contribution in [0.3, 0.4) is 0 Å². The predicted molar refractivity (Wildman–Crippen MR) is 52.7 cm³/mol. The van der Waals surface area contributed by atoms with Crippen molar-refractivity contribution in [1.29, 1.82) is 0 Å². The third-order valence-corrected chi connectivity index (χ3v) is 1.52. The largest absolute Gasteiger partial charge is 1.00 e. The van der Waals surface area contributed by atoms with Gasteiger partial charge in [-0.15, -0.1) is 18.2 Å². The van der Waals surface area contributed by atoms with E-state index in [9.17, 15) is 4.79 Å². The second-order valence-electron chi connectivity index (χ2n) is 2.36. The molecule has 0 aliphatic carbocycles. The van der Waals surface area contributed by atoms with E-state index in [-0.39, 0.29) is 69.1 Å². The molecule has 0 fully saturated rings. The molecule has 14 heavy (non-hydrogen) atoms. The van der Waals surface area contributed by atoms with Gasteiger partial charge in [0.15, 0.2) is 0 Å². The first-order chi connectivity index (χ1) is 5.74. The van der Waals surface area contributed by atoms with Gasteiger partial charge < -0.3 is 10.3 Å². The molecule has 0 saturated heterocycles. The average Bonchev–Trinajstić information content (AvgIpc) is 2.29. The molecule has 68 valence electrons. The van der Waals surface area contributed by atoms with Gasteiger partial charge in [-0.25, -0.2) is 0 Å². The van der Waals surface area contributed by atoms with Crippen molar-refractivity contribution in [3.8, 4) is 0 Å². The van der Waals surface area contributed by atoms with Crippen molar-refractivity contribution in [2.24, 2.45) is 0 Å². The summed E-state index contributed by atoms with van der Waals surface area (Å²) in [5.41, 5.74) is 1.57. The van der Waals surface area contributed by atoms with Gasteiger partial charge in [0.1, 0.15) is 0 Å². The van der Waals surface area contributed by atoms with E-state index in [2.05, 4.69) is 19.2 Å². The van der Waals surface area contributed by atoms with Crippen molar-refractivity contribution in [1.82, 2.24) is 0 Å². The molecule has 0 aliphatic heterocycles. The number of allylic oxidation sites excluding steroid dienone is 2. The Bertz CT molecular complexity index is 372. The molecule has 0 aliphatic rings. The summed E-state index contributed by atoms with van der Waals surface area (Å²) in [5.74, 6) is 0. The van der Waals surface area contributed by atoms with Crippen LogP contribution in [0.4, 0.5) is 0 Å². The quantitative estimate of drug-likeness (QED) is 0.499. The molecule has 0 aromatic heterocycles. The van der Waals surface area contributed by atoms with E-state index >= 15 is 0 Å². The van der Waals surface area contributed by atoms with Gasteiger partial charge in [0.25, 0.3) is 0 Å². The smallest absolute Gasteiger partial charge is 0.870 e. The second-order valence-corrected chi connectivity index (χ2v) is 2.36. The van der Waals surface area contributed by atoms with Crippen LogP contribution in [0.15, 0.2) is 48.3 Å². The van der Waals surface area contributed by atoms with Gasteiger partial charge in [-0.2, -0.15) is 12.1 Å². The van der Waals surface area contributed by atoms with Crippen LogP contribution in [-0.4, -0.2) is 5.48 Å². The molecule has 0 radical (unpaired) electrons. The molecule has 0 heterocycles. The van der Waals surface area contributed by atoms with Gasteiger partial charge in [0.2, 0.25) is 0 Å². The third-order valence-electron chi connectivity index (χ3n) is 1.52. The van der Waals surface area contributed by atoms with Gasteiger partial charge in [0, 0.05) is 0 Å². The number of hydrogen-bond donors (Lipinski definition) is 0. The van der Waals surface area contributed by atoms with Crippen LogP contribution in [0.25, 0.3) is 5.57 Å². The monoisotopic (exact) mass is 259 g/mol. The molecule has 1 aromatic carbocycles. The normalized spacial score (nSPS) is 7.71. The summed E-state index contributed by atoms with van der Waals surface area (Å²) in [4.78, 5) is 10.8. The van der Waals surface area contributed by atoms with Crippen LogP contribution in [0, 0.1) is 6.07 Å². The van der Waals surface area contributed by atoms with Crippen molar-refractivity contribution in [2.45, 2.75) is 0 Å². The zero-order valence-corrected chi connectivity index (χ0v) is 13.1. The summed E-state index contributed by atoms with van der Waals surface area (Å²) in [6, 6.07) is 9.10. The first-order valence-corrected chi connectivity index (χ1v) is 3.58. The van der Waals surface area contributed by atoms with Gasteiger partial charge in [-0.3, -0.25) is 0 Å². The summed E-state index contributed by atoms with van der Waals surface area (Å²) >= 11 is 0. The number of rotatable bonds is 2. The van der Waals surface area contributed by atoms with Crippen molar-refractivity contribution < 1.29 is 63.7 Å². The maximum absolute atomic E-state index is 10.8. The molecular weight excluding hydrogens is 250 g/mol. The van der Waals surface area contributed by atoms with Crippen molar-refractivity contribution in [3.63, 3.8) is 0 Å². The van der Waals surface area contributed by atoms with Crippen LogP contribution in [0.5, 0.6) is 0 Å². The van der Waals surface area contributed by atoms with E-state index in [0.717, 1.165) is 11.1 Å². The average molecular weight is 260 g/mol. The van der Waals surface area contributed by atoms with Crippen LogP contribution < -0.4 is 63.6 Å². The molecule has 0 amide bonds. The molecule has 2 nitrogen and oxygen atoms in total. The van der Waals surface area contributed by atoms with Crippen LogP contribution in [-0.2, 0) is 0 Å². The topological polar surface area (TPSA) is 47.1 Å². The minimum atomic E-state index is -0.127. The van der Waals surface area contributed by atoms with Gasteiger partial charge >= 0.3 is 58.2 Å². The van der Waals surface area contributed by atoms with Crippen molar-refractivity contribution >= 4 is 5.57 Å². The molecule has 0 unspecified atom stereocenters. The third kappa shape index (κ3) is 5.12. The summed E-state index contributed by atoms with van der Waals surface area (Å²) in [6.07, 6.45) is 1.65.